The number of carbonyl (C=O) groups excluding carboxylic acids is 1. The normalized spacial score (nSPS) is 10.2. The summed E-state index contributed by atoms with van der Waals surface area (Å²) >= 11 is 5.97. The lowest BCUT2D eigenvalue weighted by Crippen LogP contribution is -2.13. The van der Waals surface area contributed by atoms with Crippen molar-refractivity contribution in [3.05, 3.63) is 71.5 Å². The Morgan fingerprint density at radius 2 is 1.92 bits per heavy atom. The van der Waals surface area contributed by atoms with Gasteiger partial charge in [-0.3, -0.25) is 14.8 Å². The lowest BCUT2D eigenvalue weighted by molar-refractivity contribution is 0.102. The summed E-state index contributed by atoms with van der Waals surface area (Å²) in [7, 11) is 1.53. The molecule has 3 aromatic rings. The molecule has 5 nitrogen and oxygen atoms in total. The van der Waals surface area contributed by atoms with Crippen LogP contribution in [-0.4, -0.2) is 23.0 Å². The molecule has 1 amide bonds. The smallest absolute Gasteiger partial charge is 0.257 e. The first kappa shape index (κ1) is 16.0. The number of hydrogen-bond acceptors (Lipinski definition) is 4. The van der Waals surface area contributed by atoms with Gasteiger partial charge < -0.3 is 10.1 Å². The van der Waals surface area contributed by atoms with Crippen molar-refractivity contribution in [2.24, 2.45) is 0 Å². The molecular weight excluding hydrogens is 326 g/mol. The number of amides is 1. The number of pyridine rings is 2. The fraction of sp³-hybridized carbons (Fsp3) is 0.0556. The van der Waals surface area contributed by atoms with Crippen molar-refractivity contribution in [2.75, 3.05) is 12.4 Å². The van der Waals surface area contributed by atoms with E-state index in [0.717, 1.165) is 5.69 Å². The predicted molar refractivity (Wildman–Crippen MR) is 93.4 cm³/mol. The molecule has 6 heteroatoms. The summed E-state index contributed by atoms with van der Waals surface area (Å²) in [5.41, 5.74) is 2.38. The van der Waals surface area contributed by atoms with Gasteiger partial charge in [-0.05, 0) is 42.5 Å². The fourth-order valence-corrected chi connectivity index (χ4v) is 2.34. The molecule has 24 heavy (non-hydrogen) atoms. The number of nitrogens with zero attached hydrogens (tertiary/aromatic N) is 2. The summed E-state index contributed by atoms with van der Waals surface area (Å²) in [5.74, 6) is 0.237. The van der Waals surface area contributed by atoms with Crippen molar-refractivity contribution >= 4 is 23.2 Å². The lowest BCUT2D eigenvalue weighted by Gasteiger charge is -2.10. The van der Waals surface area contributed by atoms with E-state index in [9.17, 15) is 4.79 Å². The maximum absolute atomic E-state index is 12.4. The van der Waals surface area contributed by atoms with E-state index in [1.807, 2.05) is 18.2 Å². The lowest BCUT2D eigenvalue weighted by atomic mass is 10.2. The largest absolute Gasteiger partial charge is 0.495 e. The topological polar surface area (TPSA) is 64.1 Å². The second-order valence-corrected chi connectivity index (χ2v) is 5.38. The Balaban J connectivity index is 1.80. The van der Waals surface area contributed by atoms with E-state index < -0.39 is 0 Å². The molecule has 0 atom stereocenters. The van der Waals surface area contributed by atoms with Gasteiger partial charge in [-0.2, -0.15) is 0 Å². The van der Waals surface area contributed by atoms with E-state index >= 15 is 0 Å². The van der Waals surface area contributed by atoms with Gasteiger partial charge in [0.05, 0.1) is 29.7 Å². The number of nitrogens with one attached hydrogen (secondary N) is 1. The third-order valence-corrected chi connectivity index (χ3v) is 3.60. The van der Waals surface area contributed by atoms with E-state index in [-0.39, 0.29) is 5.91 Å². The van der Waals surface area contributed by atoms with Crippen molar-refractivity contribution in [1.82, 2.24) is 9.97 Å². The fourth-order valence-electron chi connectivity index (χ4n) is 2.17. The van der Waals surface area contributed by atoms with Crippen LogP contribution in [-0.2, 0) is 0 Å². The van der Waals surface area contributed by atoms with Gasteiger partial charge in [0.15, 0.2) is 0 Å². The molecule has 0 aliphatic rings. The minimum absolute atomic E-state index is 0.296. The Kier molecular flexibility index (Phi) is 4.72. The molecule has 2 heterocycles. The molecule has 0 spiro atoms. The van der Waals surface area contributed by atoms with Gasteiger partial charge in [-0.15, -0.1) is 0 Å². The summed E-state index contributed by atoms with van der Waals surface area (Å²) in [6.07, 6.45) is 3.21. The molecule has 3 rings (SSSR count). The molecule has 0 aliphatic heterocycles. The number of anilines is 1. The minimum atomic E-state index is -0.296. The van der Waals surface area contributed by atoms with Crippen LogP contribution < -0.4 is 10.1 Å². The van der Waals surface area contributed by atoms with Gasteiger partial charge in [-0.1, -0.05) is 17.7 Å². The Morgan fingerprint density at radius 3 is 2.58 bits per heavy atom. The molecule has 1 aromatic carbocycles. The molecular formula is C18H14ClN3O2. The maximum atomic E-state index is 12.4. The molecule has 2 aromatic heterocycles. The van der Waals surface area contributed by atoms with Crippen LogP contribution >= 0.6 is 11.6 Å². The quantitative estimate of drug-likeness (QED) is 0.778. The highest BCUT2D eigenvalue weighted by molar-refractivity contribution is 6.31. The zero-order chi connectivity index (χ0) is 16.9. The molecule has 120 valence electrons. The van der Waals surface area contributed by atoms with Crippen LogP contribution in [0.15, 0.2) is 60.9 Å². The number of methoxy groups -OCH3 is 1. The zero-order valence-corrected chi connectivity index (χ0v) is 13.6. The standard InChI is InChI=1S/C18H14ClN3O2/c1-24-17-8-6-13(19)10-16(17)22-18(23)12-5-7-15(21-11-12)14-4-2-3-9-20-14/h2-11H,1H3,(H,22,23). The number of ether oxygens (including phenoxy) is 1. The molecule has 0 unspecified atom stereocenters. The number of rotatable bonds is 4. The Hall–Kier alpha value is -2.92. The Bertz CT molecular complexity index is 852. The van der Waals surface area contributed by atoms with Crippen molar-refractivity contribution in [3.8, 4) is 17.1 Å². The first-order chi connectivity index (χ1) is 11.7. The average Bonchev–Trinajstić information content (AvgIpc) is 2.63. The molecule has 0 saturated heterocycles. The molecule has 0 aliphatic carbocycles. The van der Waals surface area contributed by atoms with E-state index in [1.54, 1.807) is 36.5 Å². The monoisotopic (exact) mass is 339 g/mol. The number of benzene rings is 1. The molecule has 0 radical (unpaired) electrons. The maximum Gasteiger partial charge on any atom is 0.257 e. The molecule has 0 saturated carbocycles. The van der Waals surface area contributed by atoms with Crippen LogP contribution in [0.2, 0.25) is 5.02 Å². The van der Waals surface area contributed by atoms with Gasteiger partial charge in [0.25, 0.3) is 5.91 Å². The summed E-state index contributed by atoms with van der Waals surface area (Å²) in [5, 5.41) is 3.28. The van der Waals surface area contributed by atoms with Crippen molar-refractivity contribution < 1.29 is 9.53 Å². The van der Waals surface area contributed by atoms with Gasteiger partial charge in [-0.25, -0.2) is 0 Å². The van der Waals surface area contributed by atoms with Crippen LogP contribution in [0, 0.1) is 0 Å². The van der Waals surface area contributed by atoms with Gasteiger partial charge >= 0.3 is 0 Å². The Morgan fingerprint density at radius 1 is 1.08 bits per heavy atom. The number of carbonyl (C=O) groups is 1. The molecule has 0 fully saturated rings. The summed E-state index contributed by atoms with van der Waals surface area (Å²) in [6.45, 7) is 0. The molecule has 0 bridgehead atoms. The first-order valence-electron chi connectivity index (χ1n) is 7.20. The summed E-state index contributed by atoms with van der Waals surface area (Å²) < 4.78 is 5.22. The highest BCUT2D eigenvalue weighted by Gasteiger charge is 2.11. The Labute approximate surface area is 144 Å². The third-order valence-electron chi connectivity index (χ3n) is 3.36. The second-order valence-electron chi connectivity index (χ2n) is 4.95. The van der Waals surface area contributed by atoms with Crippen LogP contribution in [0.3, 0.4) is 0 Å². The predicted octanol–water partition coefficient (Wildman–Crippen LogP) is 4.06. The zero-order valence-electron chi connectivity index (χ0n) is 12.9. The van der Waals surface area contributed by atoms with Gasteiger partial charge in [0.1, 0.15) is 5.75 Å². The first-order valence-corrected chi connectivity index (χ1v) is 7.57. The van der Waals surface area contributed by atoms with Crippen LogP contribution in [0.4, 0.5) is 5.69 Å². The van der Waals surface area contributed by atoms with Crippen LogP contribution in [0.5, 0.6) is 5.75 Å². The van der Waals surface area contributed by atoms with Gasteiger partial charge in [0.2, 0.25) is 0 Å². The van der Waals surface area contributed by atoms with Crippen molar-refractivity contribution in [1.29, 1.82) is 0 Å². The highest BCUT2D eigenvalue weighted by Crippen LogP contribution is 2.28. The second kappa shape index (κ2) is 7.10. The number of aromatic nitrogens is 2. The van der Waals surface area contributed by atoms with Crippen molar-refractivity contribution in [2.45, 2.75) is 0 Å². The van der Waals surface area contributed by atoms with Crippen LogP contribution in [0.1, 0.15) is 10.4 Å². The van der Waals surface area contributed by atoms with Gasteiger partial charge in [0, 0.05) is 17.4 Å². The SMILES string of the molecule is COc1ccc(Cl)cc1NC(=O)c1ccc(-c2ccccn2)nc1. The van der Waals surface area contributed by atoms with Crippen molar-refractivity contribution in [3.63, 3.8) is 0 Å². The van der Waals surface area contributed by atoms with Crippen LogP contribution in [0.25, 0.3) is 11.4 Å². The minimum Gasteiger partial charge on any atom is -0.495 e. The summed E-state index contributed by atoms with van der Waals surface area (Å²) in [4.78, 5) is 20.9. The van der Waals surface area contributed by atoms with E-state index in [2.05, 4.69) is 15.3 Å². The van der Waals surface area contributed by atoms with E-state index in [0.29, 0.717) is 27.7 Å². The number of hydrogen-bond donors (Lipinski definition) is 1. The van der Waals surface area contributed by atoms with E-state index in [4.69, 9.17) is 16.3 Å². The number of halogens is 1. The highest BCUT2D eigenvalue weighted by atomic mass is 35.5. The average molecular weight is 340 g/mol. The third kappa shape index (κ3) is 3.52. The molecule has 1 N–H and O–H groups in total. The van der Waals surface area contributed by atoms with E-state index in [1.165, 1.54) is 13.3 Å². The summed E-state index contributed by atoms with van der Waals surface area (Å²) in [6, 6.07) is 14.1.